The maximum Gasteiger partial charge on any atom is 0.251 e. The van der Waals surface area contributed by atoms with Crippen molar-refractivity contribution in [3.63, 3.8) is 0 Å². The number of benzene rings is 1. The van der Waals surface area contributed by atoms with Gasteiger partial charge in [-0.05, 0) is 63.1 Å². The number of allylic oxidation sites excluding steroid dienone is 2. The molecule has 1 aliphatic carbocycles. The number of nitrogens with zero attached hydrogens (tertiary/aromatic N) is 1. The van der Waals surface area contributed by atoms with E-state index in [1.807, 2.05) is 6.21 Å². The highest BCUT2D eigenvalue weighted by Gasteiger charge is 2.11. The highest BCUT2D eigenvalue weighted by atomic mass is 16.5. The molecule has 0 bridgehead atoms. The molecule has 1 aromatic carbocycles. The number of hydrazone groups is 1. The first-order valence-corrected chi connectivity index (χ1v) is 10.5. The number of nitrogens with one attached hydrogen (secondary N) is 2. The molecule has 2 rings (SSSR count). The van der Waals surface area contributed by atoms with Crippen LogP contribution in [0.3, 0.4) is 0 Å². The van der Waals surface area contributed by atoms with Crippen molar-refractivity contribution in [2.45, 2.75) is 51.9 Å². The second kappa shape index (κ2) is 12.7. The number of rotatable bonds is 11. The smallest absolute Gasteiger partial charge is 0.251 e. The molecule has 1 aliphatic rings. The molecule has 0 radical (unpaired) electrons. The monoisotopic (exact) mass is 415 g/mol. The molecular formula is C23H33N3O4. The van der Waals surface area contributed by atoms with Gasteiger partial charge in [-0.3, -0.25) is 9.59 Å². The predicted molar refractivity (Wildman–Crippen MR) is 118 cm³/mol. The van der Waals surface area contributed by atoms with Gasteiger partial charge in [-0.2, -0.15) is 5.10 Å². The maximum absolute atomic E-state index is 12.2. The van der Waals surface area contributed by atoms with Crippen molar-refractivity contribution < 1.29 is 19.1 Å². The molecular weight excluding hydrogens is 382 g/mol. The van der Waals surface area contributed by atoms with Crippen LogP contribution in [-0.2, 0) is 4.79 Å². The van der Waals surface area contributed by atoms with E-state index in [0.717, 1.165) is 38.5 Å². The van der Waals surface area contributed by atoms with Crippen molar-refractivity contribution in [1.82, 2.24) is 10.7 Å². The van der Waals surface area contributed by atoms with Crippen LogP contribution in [-0.4, -0.2) is 38.8 Å². The Labute approximate surface area is 178 Å². The number of ether oxygens (including phenoxy) is 2. The number of methoxy groups -OCH3 is 2. The summed E-state index contributed by atoms with van der Waals surface area (Å²) in [5.74, 6) is 1.30. The summed E-state index contributed by atoms with van der Waals surface area (Å²) in [5, 5.41) is 6.97. The van der Waals surface area contributed by atoms with Gasteiger partial charge in [-0.1, -0.05) is 18.1 Å². The van der Waals surface area contributed by atoms with E-state index in [1.165, 1.54) is 12.7 Å². The number of carbonyl (C=O) groups is 2. The Morgan fingerprint density at radius 2 is 1.97 bits per heavy atom. The first-order valence-electron chi connectivity index (χ1n) is 10.5. The van der Waals surface area contributed by atoms with Gasteiger partial charge in [0.15, 0.2) is 11.5 Å². The molecule has 2 amide bonds. The highest BCUT2D eigenvalue weighted by molar-refractivity contribution is 5.94. The van der Waals surface area contributed by atoms with Gasteiger partial charge >= 0.3 is 0 Å². The minimum Gasteiger partial charge on any atom is -0.493 e. The largest absolute Gasteiger partial charge is 0.493 e. The van der Waals surface area contributed by atoms with Gasteiger partial charge in [0.2, 0.25) is 5.91 Å². The summed E-state index contributed by atoms with van der Waals surface area (Å²) in [6.45, 7) is 2.71. The zero-order chi connectivity index (χ0) is 21.8. The van der Waals surface area contributed by atoms with E-state index in [2.05, 4.69) is 28.8 Å². The Balaban J connectivity index is 1.57. The predicted octanol–water partition coefficient (Wildman–Crippen LogP) is 3.84. The van der Waals surface area contributed by atoms with E-state index in [0.29, 0.717) is 35.9 Å². The van der Waals surface area contributed by atoms with Crippen molar-refractivity contribution in [1.29, 1.82) is 0 Å². The number of amides is 2. The Morgan fingerprint density at radius 1 is 1.17 bits per heavy atom. The van der Waals surface area contributed by atoms with Crippen molar-refractivity contribution >= 4 is 18.0 Å². The minimum absolute atomic E-state index is 0.0665. The Hall–Kier alpha value is -2.83. The zero-order valence-corrected chi connectivity index (χ0v) is 18.2. The van der Waals surface area contributed by atoms with E-state index < -0.39 is 0 Å². The molecule has 1 aromatic rings. The summed E-state index contributed by atoms with van der Waals surface area (Å²) in [7, 11) is 3.09. The summed E-state index contributed by atoms with van der Waals surface area (Å²) in [6, 6.07) is 5.07. The Bertz CT molecular complexity index is 774. The molecule has 0 saturated heterocycles. The SMILES string of the molecule is COc1ccc(C(=O)NCCCCCC(=O)NN=CC2CC=C(C)CC2)cc1OC. The average molecular weight is 416 g/mol. The van der Waals surface area contributed by atoms with Crippen molar-refractivity contribution in [3.05, 3.63) is 35.4 Å². The highest BCUT2D eigenvalue weighted by Crippen LogP contribution is 2.27. The lowest BCUT2D eigenvalue weighted by Gasteiger charge is -2.15. The summed E-state index contributed by atoms with van der Waals surface area (Å²) in [4.78, 5) is 24.1. The first kappa shape index (κ1) is 23.4. The lowest BCUT2D eigenvalue weighted by molar-refractivity contribution is -0.121. The summed E-state index contributed by atoms with van der Waals surface area (Å²) in [6.07, 6.45) is 10.2. The number of hydrogen-bond donors (Lipinski definition) is 2. The topological polar surface area (TPSA) is 89.0 Å². The van der Waals surface area contributed by atoms with Crippen LogP contribution in [0.2, 0.25) is 0 Å². The fourth-order valence-electron chi connectivity index (χ4n) is 3.26. The number of unbranched alkanes of at least 4 members (excludes halogenated alkanes) is 2. The molecule has 2 N–H and O–H groups in total. The quantitative estimate of drug-likeness (QED) is 0.249. The van der Waals surface area contributed by atoms with E-state index in [1.54, 1.807) is 25.3 Å². The second-order valence-electron chi connectivity index (χ2n) is 7.53. The van der Waals surface area contributed by atoms with Crippen molar-refractivity contribution in [2.24, 2.45) is 11.0 Å². The van der Waals surface area contributed by atoms with Crippen LogP contribution < -0.4 is 20.2 Å². The minimum atomic E-state index is -0.157. The Kier molecular flexibility index (Phi) is 9.91. The molecule has 0 fully saturated rings. The number of carbonyl (C=O) groups excluding carboxylic acids is 2. The van der Waals surface area contributed by atoms with Crippen molar-refractivity contribution in [2.75, 3.05) is 20.8 Å². The summed E-state index contributed by atoms with van der Waals surface area (Å²) < 4.78 is 10.4. The molecule has 7 nitrogen and oxygen atoms in total. The van der Waals surface area contributed by atoms with Crippen LogP contribution in [0.1, 0.15) is 62.2 Å². The molecule has 30 heavy (non-hydrogen) atoms. The molecule has 0 heterocycles. The molecule has 1 unspecified atom stereocenters. The van der Waals surface area contributed by atoms with Crippen LogP contribution >= 0.6 is 0 Å². The normalized spacial score (nSPS) is 16.1. The van der Waals surface area contributed by atoms with Gasteiger partial charge in [0, 0.05) is 24.7 Å². The van der Waals surface area contributed by atoms with Crippen LogP contribution in [0.5, 0.6) is 11.5 Å². The van der Waals surface area contributed by atoms with Gasteiger partial charge in [0.1, 0.15) is 0 Å². The second-order valence-corrected chi connectivity index (χ2v) is 7.53. The third kappa shape index (κ3) is 7.89. The average Bonchev–Trinajstić information content (AvgIpc) is 2.76. The molecule has 0 aliphatic heterocycles. The van der Waals surface area contributed by atoms with Crippen LogP contribution in [0, 0.1) is 5.92 Å². The van der Waals surface area contributed by atoms with Crippen LogP contribution in [0.15, 0.2) is 34.9 Å². The zero-order valence-electron chi connectivity index (χ0n) is 18.2. The molecule has 7 heteroatoms. The fraction of sp³-hybridized carbons (Fsp3) is 0.522. The molecule has 0 aromatic heterocycles. The van der Waals surface area contributed by atoms with E-state index in [-0.39, 0.29) is 11.8 Å². The van der Waals surface area contributed by atoms with E-state index in [4.69, 9.17) is 9.47 Å². The van der Waals surface area contributed by atoms with Gasteiger partial charge in [0.05, 0.1) is 14.2 Å². The van der Waals surface area contributed by atoms with Gasteiger partial charge in [0.25, 0.3) is 5.91 Å². The summed E-state index contributed by atoms with van der Waals surface area (Å²) in [5.41, 5.74) is 4.57. The Morgan fingerprint density at radius 3 is 2.67 bits per heavy atom. The lowest BCUT2D eigenvalue weighted by atomic mass is 9.91. The molecule has 164 valence electrons. The molecule has 0 saturated carbocycles. The fourth-order valence-corrected chi connectivity index (χ4v) is 3.26. The van der Waals surface area contributed by atoms with Crippen LogP contribution in [0.4, 0.5) is 0 Å². The number of hydrogen-bond acceptors (Lipinski definition) is 5. The van der Waals surface area contributed by atoms with E-state index >= 15 is 0 Å². The third-order valence-corrected chi connectivity index (χ3v) is 5.17. The van der Waals surface area contributed by atoms with Gasteiger partial charge in [-0.15, -0.1) is 0 Å². The maximum atomic E-state index is 12.2. The third-order valence-electron chi connectivity index (χ3n) is 5.17. The van der Waals surface area contributed by atoms with Gasteiger partial charge in [-0.25, -0.2) is 5.43 Å². The van der Waals surface area contributed by atoms with E-state index in [9.17, 15) is 9.59 Å². The molecule has 0 spiro atoms. The van der Waals surface area contributed by atoms with Crippen molar-refractivity contribution in [3.8, 4) is 11.5 Å². The standard InChI is InChI=1S/C23H33N3O4/c1-17-8-10-18(11-9-17)16-25-26-22(27)7-5-4-6-14-24-23(28)19-12-13-20(29-2)21(15-19)30-3/h8,12-13,15-16,18H,4-7,9-11,14H2,1-3H3,(H,24,28)(H,26,27). The molecule has 1 atom stereocenters. The lowest BCUT2D eigenvalue weighted by Crippen LogP contribution is -2.24. The van der Waals surface area contributed by atoms with Crippen LogP contribution in [0.25, 0.3) is 0 Å². The summed E-state index contributed by atoms with van der Waals surface area (Å²) >= 11 is 0. The van der Waals surface area contributed by atoms with Gasteiger partial charge < -0.3 is 14.8 Å². The first-order chi connectivity index (χ1) is 14.5.